The van der Waals surface area contributed by atoms with Crippen LogP contribution in [-0.2, 0) is 4.79 Å². The van der Waals surface area contributed by atoms with E-state index in [1.807, 2.05) is 0 Å². The van der Waals surface area contributed by atoms with Gasteiger partial charge in [0.25, 0.3) is 0 Å². The van der Waals surface area contributed by atoms with Gasteiger partial charge in [0, 0.05) is 5.92 Å². The number of rotatable bonds is 2. The van der Waals surface area contributed by atoms with Crippen molar-refractivity contribution in [2.45, 2.75) is 70.8 Å². The van der Waals surface area contributed by atoms with Crippen LogP contribution in [0.3, 0.4) is 0 Å². The van der Waals surface area contributed by atoms with Crippen LogP contribution in [0.5, 0.6) is 0 Å². The van der Waals surface area contributed by atoms with Crippen LogP contribution in [0.4, 0.5) is 0 Å². The van der Waals surface area contributed by atoms with Crippen molar-refractivity contribution in [2.24, 2.45) is 40.4 Å². The average molecular weight is 407 g/mol. The van der Waals surface area contributed by atoms with E-state index in [1.165, 1.54) is 25.7 Å². The predicted molar refractivity (Wildman–Crippen MR) is 102 cm³/mol. The summed E-state index contributed by atoms with van der Waals surface area (Å²) in [6.45, 7) is 4.91. The lowest BCUT2D eigenvalue weighted by molar-refractivity contribution is -0.124. The highest BCUT2D eigenvalue weighted by Crippen LogP contribution is 2.71. The van der Waals surface area contributed by atoms with Crippen LogP contribution in [0.15, 0.2) is 11.6 Å². The van der Waals surface area contributed by atoms with Crippen LogP contribution >= 0.6 is 15.9 Å². The minimum Gasteiger partial charge on any atom is -0.390 e. The Balaban J connectivity index is 1.49. The molecule has 138 valence electrons. The van der Waals surface area contributed by atoms with Crippen molar-refractivity contribution in [1.29, 1.82) is 0 Å². The molecule has 0 heterocycles. The van der Waals surface area contributed by atoms with E-state index in [-0.39, 0.29) is 16.9 Å². The van der Waals surface area contributed by atoms with Crippen molar-refractivity contribution in [3.8, 4) is 0 Å². The summed E-state index contributed by atoms with van der Waals surface area (Å²) in [5.74, 6) is 3.31. The second kappa shape index (κ2) is 5.22. The SMILES string of the molecule is C[C@]12CC=C3[C@@H](CC[C@H]4C5C[C@@]5(O)CC[C@]34C)[C@@H]1CC[C@@H]2C(=O)CBr. The number of ketones is 1. The largest absolute Gasteiger partial charge is 0.390 e. The number of hydrogen-bond acceptors (Lipinski definition) is 2. The van der Waals surface area contributed by atoms with Gasteiger partial charge in [-0.1, -0.05) is 41.4 Å². The second-order valence-electron chi connectivity index (χ2n) is 10.3. The quantitative estimate of drug-likeness (QED) is 0.523. The van der Waals surface area contributed by atoms with Gasteiger partial charge in [0.1, 0.15) is 5.78 Å². The Labute approximate surface area is 160 Å². The molecule has 25 heavy (non-hydrogen) atoms. The summed E-state index contributed by atoms with van der Waals surface area (Å²) < 4.78 is 0. The molecule has 0 spiro atoms. The molecule has 4 fully saturated rings. The summed E-state index contributed by atoms with van der Waals surface area (Å²) in [4.78, 5) is 12.5. The molecule has 0 aromatic rings. The standard InChI is InChI=1S/C22H31BrO2/c1-20-8-7-15-13(14(20)5-6-17(20)19(24)12-23)3-4-16-18-11-22(18,25)10-9-21(15,16)2/h7,13-14,16-18,25H,3-6,8-12H2,1-2H3/t13-,14-,16-,17+,18?,20-,21+,22-/m0/s1. The van der Waals surface area contributed by atoms with Crippen LogP contribution in [0.25, 0.3) is 0 Å². The highest BCUT2D eigenvalue weighted by molar-refractivity contribution is 9.09. The first-order chi connectivity index (χ1) is 11.8. The van der Waals surface area contributed by atoms with E-state index in [9.17, 15) is 9.90 Å². The first-order valence-corrected chi connectivity index (χ1v) is 11.5. The monoisotopic (exact) mass is 406 g/mol. The summed E-state index contributed by atoms with van der Waals surface area (Å²) >= 11 is 3.42. The molecule has 0 aliphatic heterocycles. The maximum atomic E-state index is 12.5. The molecule has 1 unspecified atom stereocenters. The van der Waals surface area contributed by atoms with Crippen molar-refractivity contribution in [1.82, 2.24) is 0 Å². The summed E-state index contributed by atoms with van der Waals surface area (Å²) in [6.07, 6.45) is 11.8. The summed E-state index contributed by atoms with van der Waals surface area (Å²) in [5.41, 5.74) is 1.92. The van der Waals surface area contributed by atoms with Gasteiger partial charge in [-0.15, -0.1) is 0 Å². The van der Waals surface area contributed by atoms with Crippen LogP contribution in [-0.4, -0.2) is 21.8 Å². The highest BCUT2D eigenvalue weighted by Gasteiger charge is 2.67. The third kappa shape index (κ3) is 2.09. The molecule has 2 nitrogen and oxygen atoms in total. The van der Waals surface area contributed by atoms with E-state index < -0.39 is 0 Å². The summed E-state index contributed by atoms with van der Waals surface area (Å²) in [5, 5.41) is 11.2. The second-order valence-corrected chi connectivity index (χ2v) is 10.9. The normalized spacial score (nSPS) is 56.2. The lowest BCUT2D eigenvalue weighted by atomic mass is 9.48. The van der Waals surface area contributed by atoms with E-state index in [0.717, 1.165) is 25.7 Å². The maximum Gasteiger partial charge on any atom is 0.147 e. The highest BCUT2D eigenvalue weighted by atomic mass is 79.9. The third-order valence-electron chi connectivity index (χ3n) is 9.51. The molecule has 0 aromatic carbocycles. The van der Waals surface area contributed by atoms with E-state index in [0.29, 0.717) is 40.2 Å². The number of carbonyl (C=O) groups is 1. The minimum absolute atomic E-state index is 0.178. The molecule has 0 bridgehead atoms. The molecule has 0 amide bonds. The Morgan fingerprint density at radius 2 is 1.92 bits per heavy atom. The lowest BCUT2D eigenvalue weighted by Gasteiger charge is -2.56. The molecule has 5 aliphatic rings. The number of Topliss-reactive ketones (excluding diaryl/α,β-unsaturated/α-hetero) is 1. The molecule has 5 rings (SSSR count). The first kappa shape index (κ1) is 17.0. The molecule has 5 aliphatic carbocycles. The fourth-order valence-electron chi connectivity index (χ4n) is 8.02. The number of hydrogen-bond donors (Lipinski definition) is 1. The van der Waals surface area contributed by atoms with Crippen molar-refractivity contribution < 1.29 is 9.90 Å². The Morgan fingerprint density at radius 3 is 2.68 bits per heavy atom. The molecule has 4 saturated carbocycles. The van der Waals surface area contributed by atoms with Crippen molar-refractivity contribution in [3.05, 3.63) is 11.6 Å². The number of fused-ring (bicyclic) bond motifs is 7. The zero-order valence-electron chi connectivity index (χ0n) is 15.6. The average Bonchev–Trinajstić information content (AvgIpc) is 3.15. The molecule has 0 radical (unpaired) electrons. The van der Waals surface area contributed by atoms with Gasteiger partial charge < -0.3 is 5.11 Å². The zero-order valence-corrected chi connectivity index (χ0v) is 17.1. The van der Waals surface area contributed by atoms with E-state index in [2.05, 4.69) is 35.9 Å². The number of allylic oxidation sites excluding steroid dienone is 2. The molecule has 0 saturated heterocycles. The molecule has 3 heteroatoms. The minimum atomic E-state index is -0.304. The third-order valence-corrected chi connectivity index (χ3v) is 10.1. The Bertz CT molecular complexity index is 656. The van der Waals surface area contributed by atoms with Crippen LogP contribution in [0.1, 0.15) is 65.2 Å². The van der Waals surface area contributed by atoms with Crippen LogP contribution < -0.4 is 0 Å². The van der Waals surface area contributed by atoms with Gasteiger partial charge >= 0.3 is 0 Å². The van der Waals surface area contributed by atoms with Gasteiger partial charge in [-0.25, -0.2) is 0 Å². The van der Waals surface area contributed by atoms with Gasteiger partial charge in [-0.05, 0) is 85.9 Å². The molecular weight excluding hydrogens is 376 g/mol. The van der Waals surface area contributed by atoms with Gasteiger partial charge in [0.15, 0.2) is 0 Å². The summed E-state index contributed by atoms with van der Waals surface area (Å²) in [6, 6.07) is 0. The Hall–Kier alpha value is -0.150. The van der Waals surface area contributed by atoms with Crippen LogP contribution in [0, 0.1) is 40.4 Å². The predicted octanol–water partition coefficient (Wildman–Crippen LogP) is 4.89. The number of alkyl halides is 1. The topological polar surface area (TPSA) is 37.3 Å². The van der Waals surface area contributed by atoms with Crippen molar-refractivity contribution >= 4 is 21.7 Å². The fourth-order valence-corrected chi connectivity index (χ4v) is 8.41. The zero-order chi connectivity index (χ0) is 17.6. The molecule has 0 aromatic heterocycles. The number of halogens is 1. The number of aliphatic hydroxyl groups is 1. The van der Waals surface area contributed by atoms with Crippen molar-refractivity contribution in [3.63, 3.8) is 0 Å². The number of carbonyl (C=O) groups excluding carboxylic acids is 1. The first-order valence-electron chi connectivity index (χ1n) is 10.3. The van der Waals surface area contributed by atoms with E-state index in [1.54, 1.807) is 5.57 Å². The fraction of sp³-hybridized carbons (Fsp3) is 0.864. The Morgan fingerprint density at radius 1 is 1.16 bits per heavy atom. The van der Waals surface area contributed by atoms with Crippen LogP contribution in [0.2, 0.25) is 0 Å². The molecule has 1 N–H and O–H groups in total. The maximum absolute atomic E-state index is 12.5. The van der Waals surface area contributed by atoms with E-state index >= 15 is 0 Å². The molecule has 8 atom stereocenters. The molecular formula is C22H31BrO2. The van der Waals surface area contributed by atoms with E-state index in [4.69, 9.17) is 0 Å². The van der Waals surface area contributed by atoms with Gasteiger partial charge in [0.2, 0.25) is 0 Å². The lowest BCUT2D eigenvalue weighted by Crippen LogP contribution is -2.49. The van der Waals surface area contributed by atoms with Crippen molar-refractivity contribution in [2.75, 3.05) is 5.33 Å². The van der Waals surface area contributed by atoms with Gasteiger partial charge in [-0.3, -0.25) is 4.79 Å². The van der Waals surface area contributed by atoms with Gasteiger partial charge in [-0.2, -0.15) is 0 Å². The smallest absolute Gasteiger partial charge is 0.147 e. The van der Waals surface area contributed by atoms with Gasteiger partial charge in [0.05, 0.1) is 10.9 Å². The Kier molecular flexibility index (Phi) is 3.54. The summed E-state index contributed by atoms with van der Waals surface area (Å²) in [7, 11) is 0.